The van der Waals surface area contributed by atoms with Crippen molar-refractivity contribution in [1.82, 2.24) is 0 Å². The Labute approximate surface area is 108 Å². The Bertz CT molecular complexity index is 442. The molecule has 0 N–H and O–H groups in total. The number of benzene rings is 1. The zero-order valence-corrected chi connectivity index (χ0v) is 11.5. The average Bonchev–Trinajstić information content (AvgIpc) is 2.65. The van der Waals surface area contributed by atoms with Crippen LogP contribution in [0.5, 0.6) is 0 Å². The zero-order chi connectivity index (χ0) is 12.6. The number of oxime groups is 1. The Morgan fingerprint density at radius 2 is 1.88 bits per heavy atom. The second-order valence-electron chi connectivity index (χ2n) is 4.84. The van der Waals surface area contributed by atoms with E-state index in [-0.39, 0.29) is 11.5 Å². The maximum absolute atomic E-state index is 6.04. The Morgan fingerprint density at radius 1 is 1.29 bits per heavy atom. The van der Waals surface area contributed by atoms with Gasteiger partial charge in [-0.3, -0.25) is 0 Å². The van der Waals surface area contributed by atoms with Gasteiger partial charge in [-0.1, -0.05) is 22.9 Å². The second kappa shape index (κ2) is 4.69. The Kier molecular flexibility index (Phi) is 3.43. The molecule has 0 radical (unpaired) electrons. The fourth-order valence-electron chi connectivity index (χ4n) is 2.43. The fraction of sp³-hybridized carbons (Fsp3) is 0.500. The summed E-state index contributed by atoms with van der Waals surface area (Å²) in [4.78, 5) is 5.38. The van der Waals surface area contributed by atoms with E-state index in [1.807, 2.05) is 6.92 Å². The molecule has 1 aliphatic rings. The molecule has 2 rings (SSSR count). The van der Waals surface area contributed by atoms with E-state index in [4.69, 9.17) is 16.4 Å². The van der Waals surface area contributed by atoms with E-state index in [0.29, 0.717) is 0 Å². The van der Waals surface area contributed by atoms with Crippen molar-refractivity contribution in [3.63, 3.8) is 0 Å². The normalized spacial score (nSPS) is 21.0. The van der Waals surface area contributed by atoms with Gasteiger partial charge in [-0.25, -0.2) is 0 Å². The van der Waals surface area contributed by atoms with Gasteiger partial charge < -0.3 is 4.84 Å². The van der Waals surface area contributed by atoms with Crippen LogP contribution in [0.4, 0.5) is 0 Å². The molecule has 0 fully saturated rings. The van der Waals surface area contributed by atoms with E-state index in [1.54, 1.807) is 0 Å². The third kappa shape index (κ3) is 2.47. The van der Waals surface area contributed by atoms with Gasteiger partial charge in [0.15, 0.2) is 0 Å². The summed E-state index contributed by atoms with van der Waals surface area (Å²) >= 11 is 6.04. The standard InChI is InChI=1S/C14H18ClNO/c1-8-5-9(2)14(10(3)6-8)12-7-13(11(4)15)17-16-12/h5-6,11,13H,7H2,1-4H3. The van der Waals surface area contributed by atoms with Crippen LogP contribution in [0.2, 0.25) is 0 Å². The van der Waals surface area contributed by atoms with Crippen molar-refractivity contribution in [3.05, 3.63) is 34.4 Å². The summed E-state index contributed by atoms with van der Waals surface area (Å²) in [5, 5.41) is 4.18. The van der Waals surface area contributed by atoms with Gasteiger partial charge >= 0.3 is 0 Å². The molecule has 17 heavy (non-hydrogen) atoms. The topological polar surface area (TPSA) is 21.6 Å². The molecule has 0 amide bonds. The number of halogens is 1. The first kappa shape index (κ1) is 12.4. The maximum Gasteiger partial charge on any atom is 0.149 e. The van der Waals surface area contributed by atoms with Gasteiger partial charge in [0.05, 0.1) is 11.1 Å². The SMILES string of the molecule is Cc1cc(C)c(C2=NOC(C(C)Cl)C2)c(C)c1. The molecular weight excluding hydrogens is 234 g/mol. The average molecular weight is 252 g/mol. The summed E-state index contributed by atoms with van der Waals surface area (Å²) in [7, 11) is 0. The highest BCUT2D eigenvalue weighted by molar-refractivity contribution is 6.21. The van der Waals surface area contributed by atoms with Crippen molar-refractivity contribution in [1.29, 1.82) is 0 Å². The van der Waals surface area contributed by atoms with Crippen molar-refractivity contribution in [3.8, 4) is 0 Å². The van der Waals surface area contributed by atoms with Gasteiger partial charge in [0.1, 0.15) is 6.10 Å². The summed E-state index contributed by atoms with van der Waals surface area (Å²) in [6, 6.07) is 4.37. The minimum absolute atomic E-state index is 0.00627. The van der Waals surface area contributed by atoms with E-state index in [2.05, 4.69) is 38.1 Å². The molecule has 1 aromatic carbocycles. The number of nitrogens with zero attached hydrogens (tertiary/aromatic N) is 1. The van der Waals surface area contributed by atoms with E-state index in [9.17, 15) is 0 Å². The van der Waals surface area contributed by atoms with Crippen molar-refractivity contribution >= 4 is 17.3 Å². The molecule has 2 atom stereocenters. The highest BCUT2D eigenvalue weighted by Crippen LogP contribution is 2.26. The van der Waals surface area contributed by atoms with Gasteiger partial charge in [-0.2, -0.15) is 0 Å². The largest absolute Gasteiger partial charge is 0.390 e. The summed E-state index contributed by atoms with van der Waals surface area (Å²) in [5.41, 5.74) is 6.04. The van der Waals surface area contributed by atoms with Gasteiger partial charge in [0, 0.05) is 12.0 Å². The lowest BCUT2D eigenvalue weighted by Gasteiger charge is -2.11. The molecule has 0 aromatic heterocycles. The summed E-state index contributed by atoms with van der Waals surface area (Å²) < 4.78 is 0. The number of alkyl halides is 1. The van der Waals surface area contributed by atoms with Crippen LogP contribution in [0.3, 0.4) is 0 Å². The lowest BCUT2D eigenvalue weighted by molar-refractivity contribution is 0.0855. The first-order valence-corrected chi connectivity index (χ1v) is 6.37. The predicted molar refractivity (Wildman–Crippen MR) is 72.0 cm³/mol. The van der Waals surface area contributed by atoms with Crippen LogP contribution in [0.15, 0.2) is 17.3 Å². The van der Waals surface area contributed by atoms with Crippen LogP contribution >= 0.6 is 11.6 Å². The maximum atomic E-state index is 6.04. The lowest BCUT2D eigenvalue weighted by atomic mass is 9.93. The molecule has 0 aliphatic carbocycles. The lowest BCUT2D eigenvalue weighted by Crippen LogP contribution is -2.18. The highest BCUT2D eigenvalue weighted by atomic mass is 35.5. The smallest absolute Gasteiger partial charge is 0.149 e. The number of aryl methyl sites for hydroxylation is 3. The first-order chi connectivity index (χ1) is 7.99. The van der Waals surface area contributed by atoms with Crippen molar-refractivity contribution < 1.29 is 4.84 Å². The van der Waals surface area contributed by atoms with Gasteiger partial charge in [0.2, 0.25) is 0 Å². The quantitative estimate of drug-likeness (QED) is 0.734. The van der Waals surface area contributed by atoms with E-state index >= 15 is 0 Å². The molecule has 0 spiro atoms. The fourth-order valence-corrected chi connectivity index (χ4v) is 2.56. The number of hydrogen-bond donors (Lipinski definition) is 0. The van der Waals surface area contributed by atoms with Gasteiger partial charge in [0.25, 0.3) is 0 Å². The van der Waals surface area contributed by atoms with Crippen molar-refractivity contribution in [2.75, 3.05) is 0 Å². The van der Waals surface area contributed by atoms with Crippen molar-refractivity contribution in [2.45, 2.75) is 45.6 Å². The monoisotopic (exact) mass is 251 g/mol. The van der Waals surface area contributed by atoms with Crippen molar-refractivity contribution in [2.24, 2.45) is 5.16 Å². The molecule has 1 heterocycles. The van der Waals surface area contributed by atoms with E-state index in [0.717, 1.165) is 12.1 Å². The van der Waals surface area contributed by atoms with Crippen LogP contribution in [-0.4, -0.2) is 17.2 Å². The summed E-state index contributed by atoms with van der Waals surface area (Å²) in [6.07, 6.45) is 0.807. The molecule has 3 heteroatoms. The molecule has 0 saturated heterocycles. The molecule has 2 unspecified atom stereocenters. The van der Waals surface area contributed by atoms with Crippen LogP contribution in [0, 0.1) is 20.8 Å². The Hall–Kier alpha value is -1.02. The molecule has 0 saturated carbocycles. The van der Waals surface area contributed by atoms with Crippen LogP contribution in [-0.2, 0) is 4.84 Å². The van der Waals surface area contributed by atoms with E-state index in [1.165, 1.54) is 22.3 Å². The third-order valence-corrected chi connectivity index (χ3v) is 3.45. The minimum atomic E-state index is -0.0117. The minimum Gasteiger partial charge on any atom is -0.390 e. The van der Waals surface area contributed by atoms with Crippen LogP contribution < -0.4 is 0 Å². The molecular formula is C14H18ClNO. The summed E-state index contributed by atoms with van der Waals surface area (Å²) in [6.45, 7) is 8.30. The Balaban J connectivity index is 2.31. The van der Waals surface area contributed by atoms with Gasteiger partial charge in [-0.05, 0) is 38.8 Å². The summed E-state index contributed by atoms with van der Waals surface area (Å²) in [5.74, 6) is 0. The molecule has 2 nitrogen and oxygen atoms in total. The molecule has 1 aromatic rings. The van der Waals surface area contributed by atoms with Crippen LogP contribution in [0.1, 0.15) is 35.6 Å². The molecule has 0 bridgehead atoms. The number of rotatable bonds is 2. The van der Waals surface area contributed by atoms with Gasteiger partial charge in [-0.15, -0.1) is 11.6 Å². The molecule has 1 aliphatic heterocycles. The number of hydrogen-bond acceptors (Lipinski definition) is 2. The predicted octanol–water partition coefficient (Wildman–Crippen LogP) is 3.73. The van der Waals surface area contributed by atoms with E-state index < -0.39 is 0 Å². The second-order valence-corrected chi connectivity index (χ2v) is 5.53. The van der Waals surface area contributed by atoms with Crippen LogP contribution in [0.25, 0.3) is 0 Å². The Morgan fingerprint density at radius 3 is 2.35 bits per heavy atom. The zero-order valence-electron chi connectivity index (χ0n) is 10.7. The highest BCUT2D eigenvalue weighted by Gasteiger charge is 2.27. The molecule has 92 valence electrons. The third-order valence-electron chi connectivity index (χ3n) is 3.17. The first-order valence-electron chi connectivity index (χ1n) is 5.94.